The summed E-state index contributed by atoms with van der Waals surface area (Å²) in [7, 11) is 0. The summed E-state index contributed by atoms with van der Waals surface area (Å²) in [5.74, 6) is 0.339. The Bertz CT molecular complexity index is 1430. The number of hydrogen-bond acceptors (Lipinski definition) is 5. The van der Waals surface area contributed by atoms with Crippen molar-refractivity contribution >= 4 is 34.1 Å². The monoisotopic (exact) mass is 443 g/mol. The number of amides is 1. The molecule has 8 heteroatoms. The van der Waals surface area contributed by atoms with E-state index in [0.29, 0.717) is 28.6 Å². The zero-order valence-electron chi connectivity index (χ0n) is 17.1. The predicted octanol–water partition coefficient (Wildman–Crippen LogP) is 5.54. The lowest BCUT2D eigenvalue weighted by Crippen LogP contribution is -2.15. The Balaban J connectivity index is 1.53. The van der Waals surface area contributed by atoms with Gasteiger partial charge in [-0.2, -0.15) is 0 Å². The number of nitrogens with one attached hydrogen (secondary N) is 1. The van der Waals surface area contributed by atoms with Crippen LogP contribution in [0.4, 0.5) is 5.69 Å². The van der Waals surface area contributed by atoms with Gasteiger partial charge in [0.1, 0.15) is 5.52 Å². The summed E-state index contributed by atoms with van der Waals surface area (Å²) in [4.78, 5) is 12.9. The lowest BCUT2D eigenvalue weighted by Gasteiger charge is -2.07. The van der Waals surface area contributed by atoms with Crippen LogP contribution >= 0.6 is 11.6 Å². The van der Waals surface area contributed by atoms with Gasteiger partial charge in [0.15, 0.2) is 11.5 Å². The van der Waals surface area contributed by atoms with Crippen LogP contribution in [-0.2, 0) is 6.42 Å². The highest BCUT2D eigenvalue weighted by molar-refractivity contribution is 6.31. The van der Waals surface area contributed by atoms with Crippen LogP contribution in [0.1, 0.15) is 23.1 Å². The van der Waals surface area contributed by atoms with Crippen LogP contribution in [0.15, 0.2) is 77.3 Å². The molecule has 0 aliphatic rings. The minimum Gasteiger partial charge on any atom is -0.355 e. The summed E-state index contributed by atoms with van der Waals surface area (Å²) in [6, 6.07) is 22.5. The zero-order valence-corrected chi connectivity index (χ0v) is 17.9. The van der Waals surface area contributed by atoms with Gasteiger partial charge in [-0.15, -0.1) is 5.10 Å². The fourth-order valence-electron chi connectivity index (χ4n) is 3.62. The molecule has 2 heterocycles. The minimum atomic E-state index is -0.341. The molecule has 0 atom stereocenters. The van der Waals surface area contributed by atoms with Gasteiger partial charge in [-0.25, -0.2) is 4.68 Å². The molecular weight excluding hydrogens is 426 g/mol. The molecule has 0 spiro atoms. The van der Waals surface area contributed by atoms with Crippen molar-refractivity contribution in [3.8, 4) is 17.0 Å². The van der Waals surface area contributed by atoms with Gasteiger partial charge in [0.25, 0.3) is 5.91 Å². The van der Waals surface area contributed by atoms with Gasteiger partial charge >= 0.3 is 0 Å². The molecule has 0 bridgehead atoms. The van der Waals surface area contributed by atoms with Gasteiger partial charge in [0.2, 0.25) is 0 Å². The Morgan fingerprint density at radius 2 is 1.91 bits per heavy atom. The van der Waals surface area contributed by atoms with Crippen molar-refractivity contribution in [3.05, 3.63) is 89.2 Å². The Labute approximate surface area is 188 Å². The normalized spacial score (nSPS) is 11.1. The first-order chi connectivity index (χ1) is 15.6. The molecule has 0 saturated carbocycles. The smallest absolute Gasteiger partial charge is 0.278 e. The summed E-state index contributed by atoms with van der Waals surface area (Å²) in [5, 5.41) is 16.8. The van der Waals surface area contributed by atoms with Crippen LogP contribution < -0.4 is 5.32 Å². The van der Waals surface area contributed by atoms with Gasteiger partial charge in [-0.1, -0.05) is 65.3 Å². The Morgan fingerprint density at radius 3 is 2.69 bits per heavy atom. The van der Waals surface area contributed by atoms with Crippen molar-refractivity contribution in [1.29, 1.82) is 0 Å². The maximum atomic E-state index is 12.9. The van der Waals surface area contributed by atoms with Gasteiger partial charge in [-0.05, 0) is 42.8 Å². The van der Waals surface area contributed by atoms with Crippen molar-refractivity contribution < 1.29 is 9.32 Å². The van der Waals surface area contributed by atoms with Crippen molar-refractivity contribution in [3.63, 3.8) is 0 Å². The molecule has 5 aromatic rings. The second kappa shape index (κ2) is 8.28. The number of benzene rings is 3. The second-order valence-electron chi connectivity index (χ2n) is 7.19. The molecule has 158 valence electrons. The highest BCUT2D eigenvalue weighted by Crippen LogP contribution is 2.30. The molecule has 0 aliphatic heterocycles. The standard InChI is InChI=1S/C24H18ClN5O2/c1-2-21-22(24(31)26-17-10-6-9-16(25)13-17)27-29-30(21)18-11-12-20-19(14-18)23(32-28-20)15-7-4-3-5-8-15/h3-14H,2H2,1H3,(H,26,31). The van der Waals surface area contributed by atoms with Gasteiger partial charge in [-0.3, -0.25) is 4.79 Å². The molecule has 0 fully saturated rings. The largest absolute Gasteiger partial charge is 0.355 e. The van der Waals surface area contributed by atoms with E-state index >= 15 is 0 Å². The topological polar surface area (TPSA) is 85.8 Å². The van der Waals surface area contributed by atoms with Crippen LogP contribution in [0.5, 0.6) is 0 Å². The SMILES string of the molecule is CCc1c(C(=O)Nc2cccc(Cl)c2)nnn1-c1ccc2noc(-c3ccccc3)c2c1. The third kappa shape index (κ3) is 3.63. The fraction of sp³-hybridized carbons (Fsp3) is 0.0833. The van der Waals surface area contributed by atoms with Crippen molar-refractivity contribution in [2.75, 3.05) is 5.32 Å². The molecule has 5 rings (SSSR count). The van der Waals surface area contributed by atoms with Gasteiger partial charge in [0, 0.05) is 16.3 Å². The molecule has 0 radical (unpaired) electrons. The van der Waals surface area contributed by atoms with Crippen molar-refractivity contribution in [2.45, 2.75) is 13.3 Å². The maximum Gasteiger partial charge on any atom is 0.278 e. The molecule has 3 aromatic carbocycles. The van der Waals surface area contributed by atoms with E-state index in [9.17, 15) is 4.79 Å². The fourth-order valence-corrected chi connectivity index (χ4v) is 3.81. The first-order valence-electron chi connectivity index (χ1n) is 10.1. The summed E-state index contributed by atoms with van der Waals surface area (Å²) in [6.07, 6.45) is 0.568. The van der Waals surface area contributed by atoms with E-state index in [4.69, 9.17) is 16.1 Å². The Morgan fingerprint density at radius 1 is 1.06 bits per heavy atom. The Hall–Kier alpha value is -3.97. The maximum absolute atomic E-state index is 12.9. The van der Waals surface area contributed by atoms with Crippen LogP contribution in [-0.4, -0.2) is 26.1 Å². The quantitative estimate of drug-likeness (QED) is 0.385. The van der Waals surface area contributed by atoms with E-state index < -0.39 is 0 Å². The number of fused-ring (bicyclic) bond motifs is 1. The lowest BCUT2D eigenvalue weighted by atomic mass is 10.1. The average Bonchev–Trinajstić information content (AvgIpc) is 3.43. The van der Waals surface area contributed by atoms with E-state index in [1.54, 1.807) is 28.9 Å². The van der Waals surface area contributed by atoms with Crippen LogP contribution in [0.25, 0.3) is 27.9 Å². The number of halogens is 1. The zero-order chi connectivity index (χ0) is 22.1. The molecule has 1 N–H and O–H groups in total. The molecular formula is C24H18ClN5O2. The minimum absolute atomic E-state index is 0.265. The molecule has 7 nitrogen and oxygen atoms in total. The van der Waals surface area contributed by atoms with Gasteiger partial charge < -0.3 is 9.84 Å². The van der Waals surface area contributed by atoms with Crippen LogP contribution in [0.3, 0.4) is 0 Å². The molecule has 0 aliphatic carbocycles. The number of carbonyl (C=O) groups excluding carboxylic acids is 1. The number of rotatable bonds is 5. The predicted molar refractivity (Wildman–Crippen MR) is 123 cm³/mol. The number of anilines is 1. The number of nitrogens with zero attached hydrogens (tertiary/aromatic N) is 4. The molecule has 0 saturated heterocycles. The highest BCUT2D eigenvalue weighted by atomic mass is 35.5. The Kier molecular flexibility index (Phi) is 5.17. The highest BCUT2D eigenvalue weighted by Gasteiger charge is 2.21. The number of aromatic nitrogens is 4. The van der Waals surface area contributed by atoms with Gasteiger partial charge in [0.05, 0.1) is 16.8 Å². The molecule has 1 amide bonds. The summed E-state index contributed by atoms with van der Waals surface area (Å²) < 4.78 is 7.27. The van der Waals surface area contributed by atoms with Crippen molar-refractivity contribution in [2.24, 2.45) is 0 Å². The van der Waals surface area contributed by atoms with E-state index in [1.165, 1.54) is 0 Å². The van der Waals surface area contributed by atoms with Crippen LogP contribution in [0.2, 0.25) is 5.02 Å². The number of hydrogen-bond donors (Lipinski definition) is 1. The average molecular weight is 444 g/mol. The summed E-state index contributed by atoms with van der Waals surface area (Å²) >= 11 is 6.02. The van der Waals surface area contributed by atoms with E-state index in [-0.39, 0.29) is 11.6 Å². The molecule has 2 aromatic heterocycles. The third-order valence-electron chi connectivity index (χ3n) is 5.14. The second-order valence-corrected chi connectivity index (χ2v) is 7.63. The van der Waals surface area contributed by atoms with E-state index in [1.807, 2.05) is 55.5 Å². The third-order valence-corrected chi connectivity index (χ3v) is 5.37. The lowest BCUT2D eigenvalue weighted by molar-refractivity contribution is 0.102. The summed E-state index contributed by atoms with van der Waals surface area (Å²) in [5.41, 5.74) is 4.00. The summed E-state index contributed by atoms with van der Waals surface area (Å²) in [6.45, 7) is 1.96. The first-order valence-corrected chi connectivity index (χ1v) is 10.5. The van der Waals surface area contributed by atoms with Crippen molar-refractivity contribution in [1.82, 2.24) is 20.2 Å². The van der Waals surface area contributed by atoms with E-state index in [0.717, 1.165) is 22.2 Å². The molecule has 32 heavy (non-hydrogen) atoms. The number of carbonyl (C=O) groups is 1. The first kappa shape index (κ1) is 20.0. The van der Waals surface area contributed by atoms with Crippen LogP contribution in [0, 0.1) is 0 Å². The molecule has 0 unspecified atom stereocenters. The van der Waals surface area contributed by atoms with E-state index in [2.05, 4.69) is 20.8 Å².